The van der Waals surface area contributed by atoms with E-state index in [-0.39, 0.29) is 0 Å². The highest BCUT2D eigenvalue weighted by Gasteiger charge is 2.12. The van der Waals surface area contributed by atoms with Crippen LogP contribution in [-0.2, 0) is 6.42 Å². The summed E-state index contributed by atoms with van der Waals surface area (Å²) in [5.41, 5.74) is 10.1. The van der Waals surface area contributed by atoms with Crippen molar-refractivity contribution in [2.24, 2.45) is 0 Å². The number of nitrogens with two attached hydrogens (primary N) is 1. The van der Waals surface area contributed by atoms with Gasteiger partial charge >= 0.3 is 0 Å². The van der Waals surface area contributed by atoms with Crippen molar-refractivity contribution in [1.29, 1.82) is 0 Å². The molecule has 0 bridgehead atoms. The number of anilines is 1. The molecule has 0 aliphatic rings. The maximum Gasteiger partial charge on any atom is 0.151 e. The van der Waals surface area contributed by atoms with Crippen molar-refractivity contribution in [3.05, 3.63) is 17.1 Å². The van der Waals surface area contributed by atoms with Crippen LogP contribution in [0.2, 0.25) is 0 Å². The van der Waals surface area contributed by atoms with E-state index in [9.17, 15) is 0 Å². The van der Waals surface area contributed by atoms with Gasteiger partial charge in [-0.15, -0.1) is 0 Å². The molecule has 0 saturated carbocycles. The van der Waals surface area contributed by atoms with Crippen LogP contribution in [0.1, 0.15) is 30.4 Å². The summed E-state index contributed by atoms with van der Waals surface area (Å²) in [4.78, 5) is 11.9. The van der Waals surface area contributed by atoms with E-state index in [2.05, 4.69) is 28.8 Å². The van der Waals surface area contributed by atoms with Gasteiger partial charge in [0, 0.05) is 5.69 Å². The van der Waals surface area contributed by atoms with Crippen molar-refractivity contribution in [1.82, 2.24) is 15.0 Å². The van der Waals surface area contributed by atoms with E-state index in [1.807, 2.05) is 6.92 Å². The Hall–Kier alpha value is -1.58. The molecule has 0 aliphatic carbocycles. The molecule has 0 aromatic carbocycles. The molecule has 3 N–H and O–H groups in total. The standard InChI is InChI=1S/C11H16N4/c1-4-5-8-6(2)13-10-9(8)14-7(3)15-11(10)12/h13H,4-5H2,1-3H3,(H2,12,14,15). The van der Waals surface area contributed by atoms with Crippen molar-refractivity contribution in [3.63, 3.8) is 0 Å². The summed E-state index contributed by atoms with van der Waals surface area (Å²) in [7, 11) is 0. The zero-order valence-corrected chi connectivity index (χ0v) is 9.39. The number of rotatable bonds is 2. The number of nitrogens with one attached hydrogen (secondary N) is 1. The first-order valence-corrected chi connectivity index (χ1v) is 5.24. The van der Waals surface area contributed by atoms with Gasteiger partial charge in [0.05, 0.1) is 5.52 Å². The molecule has 2 aromatic heterocycles. The Balaban J connectivity index is 2.74. The Kier molecular flexibility index (Phi) is 2.34. The normalized spacial score (nSPS) is 11.1. The third-order valence-corrected chi connectivity index (χ3v) is 2.60. The molecule has 0 fully saturated rings. The molecule has 0 spiro atoms. The SMILES string of the molecule is CCCc1c(C)[nH]c2c(N)nc(C)nc12. The van der Waals surface area contributed by atoms with Crippen LogP contribution in [0.15, 0.2) is 0 Å². The average Bonchev–Trinajstić information content (AvgIpc) is 2.46. The van der Waals surface area contributed by atoms with Crippen molar-refractivity contribution < 1.29 is 0 Å². The van der Waals surface area contributed by atoms with Gasteiger partial charge in [-0.25, -0.2) is 9.97 Å². The molecule has 0 atom stereocenters. The molecule has 4 heteroatoms. The predicted molar refractivity (Wildman–Crippen MR) is 61.8 cm³/mol. The van der Waals surface area contributed by atoms with Crippen molar-refractivity contribution in [2.45, 2.75) is 33.6 Å². The summed E-state index contributed by atoms with van der Waals surface area (Å²) in [5.74, 6) is 1.28. The van der Waals surface area contributed by atoms with Gasteiger partial charge in [0.25, 0.3) is 0 Å². The van der Waals surface area contributed by atoms with Crippen molar-refractivity contribution in [2.75, 3.05) is 5.73 Å². The molecule has 15 heavy (non-hydrogen) atoms. The van der Waals surface area contributed by atoms with Crippen LogP contribution in [0.5, 0.6) is 0 Å². The molecule has 2 heterocycles. The summed E-state index contributed by atoms with van der Waals surface area (Å²) in [5, 5.41) is 0. The lowest BCUT2D eigenvalue weighted by atomic mass is 10.1. The highest BCUT2D eigenvalue weighted by atomic mass is 15.0. The van der Waals surface area contributed by atoms with Crippen molar-refractivity contribution in [3.8, 4) is 0 Å². The van der Waals surface area contributed by atoms with E-state index in [0.717, 1.165) is 35.4 Å². The van der Waals surface area contributed by atoms with Gasteiger partial charge in [0.15, 0.2) is 5.82 Å². The number of aromatic amines is 1. The summed E-state index contributed by atoms with van der Waals surface area (Å²) >= 11 is 0. The lowest BCUT2D eigenvalue weighted by Gasteiger charge is -1.99. The number of hydrogen-bond donors (Lipinski definition) is 2. The monoisotopic (exact) mass is 204 g/mol. The van der Waals surface area contributed by atoms with E-state index < -0.39 is 0 Å². The second-order valence-electron chi connectivity index (χ2n) is 3.86. The Labute approximate surface area is 88.9 Å². The Bertz CT molecular complexity index is 499. The first-order valence-electron chi connectivity index (χ1n) is 5.24. The molecule has 0 radical (unpaired) electrons. The maximum absolute atomic E-state index is 5.85. The molecular weight excluding hydrogens is 188 g/mol. The third-order valence-electron chi connectivity index (χ3n) is 2.60. The number of H-pyrrole nitrogens is 1. The van der Waals surface area contributed by atoms with Gasteiger partial charge in [-0.1, -0.05) is 13.3 Å². The van der Waals surface area contributed by atoms with Crippen LogP contribution in [0.4, 0.5) is 5.82 Å². The minimum Gasteiger partial charge on any atom is -0.382 e. The number of hydrogen-bond acceptors (Lipinski definition) is 3. The quantitative estimate of drug-likeness (QED) is 0.787. The van der Waals surface area contributed by atoms with Gasteiger partial charge in [0.2, 0.25) is 0 Å². The summed E-state index contributed by atoms with van der Waals surface area (Å²) < 4.78 is 0. The van der Waals surface area contributed by atoms with Crippen molar-refractivity contribution >= 4 is 16.9 Å². The zero-order chi connectivity index (χ0) is 11.0. The summed E-state index contributed by atoms with van der Waals surface area (Å²) in [6, 6.07) is 0. The van der Waals surface area contributed by atoms with Gasteiger partial charge in [-0.2, -0.15) is 0 Å². The van der Waals surface area contributed by atoms with E-state index in [1.165, 1.54) is 5.56 Å². The topological polar surface area (TPSA) is 67.6 Å². The molecule has 80 valence electrons. The first kappa shape index (κ1) is 9.96. The van der Waals surface area contributed by atoms with E-state index >= 15 is 0 Å². The molecule has 2 rings (SSSR count). The number of nitrogen functional groups attached to an aromatic ring is 1. The largest absolute Gasteiger partial charge is 0.382 e. The van der Waals surface area contributed by atoms with E-state index in [0.29, 0.717) is 5.82 Å². The molecule has 0 unspecified atom stereocenters. The minimum atomic E-state index is 0.544. The second-order valence-corrected chi connectivity index (χ2v) is 3.86. The predicted octanol–water partition coefficient (Wildman–Crippen LogP) is 2.11. The fourth-order valence-corrected chi connectivity index (χ4v) is 1.93. The van der Waals surface area contributed by atoms with Crippen LogP contribution >= 0.6 is 0 Å². The fraction of sp³-hybridized carbons (Fsp3) is 0.455. The Morgan fingerprint density at radius 2 is 2.00 bits per heavy atom. The Morgan fingerprint density at radius 3 is 2.67 bits per heavy atom. The molecule has 4 nitrogen and oxygen atoms in total. The maximum atomic E-state index is 5.85. The minimum absolute atomic E-state index is 0.544. The number of fused-ring (bicyclic) bond motifs is 1. The van der Waals surface area contributed by atoms with Gasteiger partial charge < -0.3 is 10.7 Å². The number of aryl methyl sites for hydroxylation is 3. The van der Waals surface area contributed by atoms with Gasteiger partial charge in [-0.3, -0.25) is 0 Å². The second kappa shape index (κ2) is 3.53. The smallest absolute Gasteiger partial charge is 0.151 e. The van der Waals surface area contributed by atoms with Gasteiger partial charge in [-0.05, 0) is 25.8 Å². The van der Waals surface area contributed by atoms with Crippen LogP contribution in [-0.4, -0.2) is 15.0 Å². The third kappa shape index (κ3) is 1.56. The first-order chi connectivity index (χ1) is 7.13. The van der Waals surface area contributed by atoms with Gasteiger partial charge in [0.1, 0.15) is 11.3 Å². The Morgan fingerprint density at radius 1 is 1.27 bits per heavy atom. The lowest BCUT2D eigenvalue weighted by molar-refractivity contribution is 0.914. The highest BCUT2D eigenvalue weighted by molar-refractivity contribution is 5.88. The summed E-state index contributed by atoms with van der Waals surface area (Å²) in [6.45, 7) is 6.09. The number of nitrogens with zero attached hydrogens (tertiary/aromatic N) is 2. The number of aromatic nitrogens is 3. The molecule has 0 amide bonds. The van der Waals surface area contributed by atoms with E-state index in [1.54, 1.807) is 0 Å². The van der Waals surface area contributed by atoms with Crippen LogP contribution in [0.3, 0.4) is 0 Å². The summed E-state index contributed by atoms with van der Waals surface area (Å²) in [6.07, 6.45) is 2.14. The van der Waals surface area contributed by atoms with E-state index in [4.69, 9.17) is 5.73 Å². The van der Waals surface area contributed by atoms with Crippen LogP contribution < -0.4 is 5.73 Å². The fourth-order valence-electron chi connectivity index (χ4n) is 1.93. The average molecular weight is 204 g/mol. The molecule has 0 saturated heterocycles. The van der Waals surface area contributed by atoms with Crippen LogP contribution in [0.25, 0.3) is 11.0 Å². The lowest BCUT2D eigenvalue weighted by Crippen LogP contribution is -1.97. The van der Waals surface area contributed by atoms with Crippen LogP contribution in [0, 0.1) is 13.8 Å². The molecule has 2 aromatic rings. The molecule has 0 aliphatic heterocycles. The zero-order valence-electron chi connectivity index (χ0n) is 9.39. The molecular formula is C11H16N4. The highest BCUT2D eigenvalue weighted by Crippen LogP contribution is 2.24.